The lowest BCUT2D eigenvalue weighted by atomic mass is 10.1. The molecule has 0 bridgehead atoms. The minimum atomic E-state index is -0.574. The summed E-state index contributed by atoms with van der Waals surface area (Å²) in [5, 5.41) is 6.06. The van der Waals surface area contributed by atoms with E-state index in [1.807, 2.05) is 25.1 Å². The highest BCUT2D eigenvalue weighted by atomic mass is 16.2. The Morgan fingerprint density at radius 3 is 2.89 bits per heavy atom. The number of anilines is 1. The van der Waals surface area contributed by atoms with Gasteiger partial charge in [-0.2, -0.15) is 0 Å². The molecule has 2 N–H and O–H groups in total. The Morgan fingerprint density at radius 2 is 2.15 bits per heavy atom. The predicted octanol–water partition coefficient (Wildman–Crippen LogP) is 1.79. The number of hydrogen-bond acceptors (Lipinski definition) is 5. The summed E-state index contributed by atoms with van der Waals surface area (Å²) < 4.78 is 0. The predicted molar refractivity (Wildman–Crippen MR) is 104 cm³/mol. The van der Waals surface area contributed by atoms with Gasteiger partial charge in [0.1, 0.15) is 6.04 Å². The quantitative estimate of drug-likeness (QED) is 0.841. The van der Waals surface area contributed by atoms with E-state index in [-0.39, 0.29) is 11.8 Å². The summed E-state index contributed by atoms with van der Waals surface area (Å²) in [7, 11) is 0. The maximum atomic E-state index is 13.0. The zero-order valence-corrected chi connectivity index (χ0v) is 15.7. The molecule has 2 aromatic heterocycles. The van der Waals surface area contributed by atoms with Crippen molar-refractivity contribution in [3.8, 4) is 0 Å². The third-order valence-electron chi connectivity index (χ3n) is 4.56. The van der Waals surface area contributed by atoms with Crippen molar-refractivity contribution >= 4 is 17.5 Å². The lowest BCUT2D eigenvalue weighted by Gasteiger charge is -2.35. The fourth-order valence-electron chi connectivity index (χ4n) is 3.12. The summed E-state index contributed by atoms with van der Waals surface area (Å²) in [6.07, 6.45) is 5.07. The van der Waals surface area contributed by atoms with Gasteiger partial charge in [0.15, 0.2) is 0 Å². The molecule has 1 fully saturated rings. The van der Waals surface area contributed by atoms with Gasteiger partial charge < -0.3 is 15.5 Å². The van der Waals surface area contributed by atoms with Crippen LogP contribution < -0.4 is 10.6 Å². The average Bonchev–Trinajstić information content (AvgIpc) is 2.69. The first-order chi connectivity index (χ1) is 13.1. The van der Waals surface area contributed by atoms with Crippen LogP contribution in [0.3, 0.4) is 0 Å². The standard InChI is InChI=1S/C20H25N5O2/c1-3-4-16-11-15(7-8-22-16)20(27)25-10-9-21-13-18(25)19(26)24-17-6-5-14(2)23-12-17/h5-8,11-12,18,21H,3-4,9-10,13H2,1-2H3,(H,24,26)/t18-/m1/s1. The Hall–Kier alpha value is -2.80. The molecule has 0 unspecified atom stereocenters. The maximum absolute atomic E-state index is 13.0. The van der Waals surface area contributed by atoms with Crippen LogP contribution in [0.5, 0.6) is 0 Å². The van der Waals surface area contributed by atoms with Crippen molar-refractivity contribution < 1.29 is 9.59 Å². The highest BCUT2D eigenvalue weighted by Gasteiger charge is 2.32. The Labute approximate surface area is 159 Å². The number of aryl methyl sites for hydroxylation is 2. The van der Waals surface area contributed by atoms with Crippen molar-refractivity contribution in [3.63, 3.8) is 0 Å². The Balaban J connectivity index is 1.76. The van der Waals surface area contributed by atoms with Crippen molar-refractivity contribution in [3.05, 3.63) is 53.6 Å². The maximum Gasteiger partial charge on any atom is 0.254 e. The fourth-order valence-corrected chi connectivity index (χ4v) is 3.12. The second-order valence-electron chi connectivity index (χ2n) is 6.68. The van der Waals surface area contributed by atoms with E-state index in [0.29, 0.717) is 30.9 Å². The highest BCUT2D eigenvalue weighted by Crippen LogP contribution is 2.14. The monoisotopic (exact) mass is 367 g/mol. The third kappa shape index (κ3) is 4.68. The first-order valence-corrected chi connectivity index (χ1v) is 9.28. The molecule has 142 valence electrons. The molecule has 1 aliphatic heterocycles. The van der Waals surface area contributed by atoms with Gasteiger partial charge in [0, 0.05) is 42.8 Å². The molecule has 1 atom stereocenters. The normalized spacial score (nSPS) is 16.8. The molecular formula is C20H25N5O2. The van der Waals surface area contributed by atoms with Gasteiger partial charge in [-0.05, 0) is 37.6 Å². The largest absolute Gasteiger partial charge is 0.324 e. The zero-order chi connectivity index (χ0) is 19.2. The smallest absolute Gasteiger partial charge is 0.254 e. The van der Waals surface area contributed by atoms with Gasteiger partial charge in [0.2, 0.25) is 5.91 Å². The second kappa shape index (κ2) is 8.73. The van der Waals surface area contributed by atoms with E-state index in [9.17, 15) is 9.59 Å². The molecule has 0 radical (unpaired) electrons. The number of carbonyl (C=O) groups excluding carboxylic acids is 2. The first-order valence-electron chi connectivity index (χ1n) is 9.28. The lowest BCUT2D eigenvalue weighted by Crippen LogP contribution is -2.58. The zero-order valence-electron chi connectivity index (χ0n) is 15.7. The van der Waals surface area contributed by atoms with E-state index in [1.165, 1.54) is 0 Å². The van der Waals surface area contributed by atoms with Crippen molar-refractivity contribution in [2.75, 3.05) is 25.0 Å². The van der Waals surface area contributed by atoms with Gasteiger partial charge in [0.25, 0.3) is 5.91 Å². The Morgan fingerprint density at radius 1 is 1.30 bits per heavy atom. The van der Waals surface area contributed by atoms with Crippen LogP contribution in [0.15, 0.2) is 36.7 Å². The van der Waals surface area contributed by atoms with Crippen molar-refractivity contribution in [1.29, 1.82) is 0 Å². The molecule has 3 rings (SSSR count). The summed E-state index contributed by atoms with van der Waals surface area (Å²) in [6.45, 7) is 5.53. The Kier molecular flexibility index (Phi) is 6.13. The van der Waals surface area contributed by atoms with Crippen molar-refractivity contribution in [1.82, 2.24) is 20.2 Å². The van der Waals surface area contributed by atoms with E-state index in [1.54, 1.807) is 23.4 Å². The number of piperazine rings is 1. The number of carbonyl (C=O) groups is 2. The van der Waals surface area contributed by atoms with Crippen molar-refractivity contribution in [2.45, 2.75) is 32.7 Å². The topological polar surface area (TPSA) is 87.2 Å². The van der Waals surface area contributed by atoms with Crippen molar-refractivity contribution in [2.24, 2.45) is 0 Å². The molecule has 1 saturated heterocycles. The number of hydrogen-bond donors (Lipinski definition) is 2. The molecular weight excluding hydrogens is 342 g/mol. The van der Waals surface area contributed by atoms with Gasteiger partial charge in [-0.15, -0.1) is 0 Å². The summed E-state index contributed by atoms with van der Waals surface area (Å²) in [5.41, 5.74) is 2.97. The fraction of sp³-hybridized carbons (Fsp3) is 0.400. The van der Waals surface area contributed by atoms with Crippen LogP contribution in [0.25, 0.3) is 0 Å². The summed E-state index contributed by atoms with van der Waals surface area (Å²) >= 11 is 0. The van der Waals surface area contributed by atoms with Gasteiger partial charge in [0.05, 0.1) is 11.9 Å². The minimum absolute atomic E-state index is 0.140. The molecule has 1 aliphatic rings. The molecule has 3 heterocycles. The minimum Gasteiger partial charge on any atom is -0.324 e. The first kappa shape index (κ1) is 19.0. The SMILES string of the molecule is CCCc1cc(C(=O)N2CCNC[C@@H]2C(=O)Nc2ccc(C)nc2)ccn1. The van der Waals surface area contributed by atoms with Gasteiger partial charge in [-0.25, -0.2) is 0 Å². The number of pyridine rings is 2. The van der Waals surface area contributed by atoms with E-state index in [2.05, 4.69) is 27.5 Å². The molecule has 0 aromatic carbocycles. The highest BCUT2D eigenvalue weighted by molar-refractivity contribution is 6.01. The van der Waals surface area contributed by atoms with E-state index in [4.69, 9.17) is 0 Å². The second-order valence-corrected chi connectivity index (χ2v) is 6.68. The van der Waals surface area contributed by atoms with Crippen LogP contribution in [0.4, 0.5) is 5.69 Å². The van der Waals surface area contributed by atoms with Gasteiger partial charge in [-0.3, -0.25) is 19.6 Å². The summed E-state index contributed by atoms with van der Waals surface area (Å²) in [4.78, 5) is 36.0. The summed E-state index contributed by atoms with van der Waals surface area (Å²) in [6, 6.07) is 6.61. The van der Waals surface area contributed by atoms with Crippen LogP contribution in [0.2, 0.25) is 0 Å². The van der Waals surface area contributed by atoms with Crippen LogP contribution in [0, 0.1) is 6.92 Å². The summed E-state index contributed by atoms with van der Waals surface area (Å²) in [5.74, 6) is -0.359. The molecule has 0 aliphatic carbocycles. The van der Waals surface area contributed by atoms with Crippen LogP contribution in [-0.2, 0) is 11.2 Å². The van der Waals surface area contributed by atoms with E-state index < -0.39 is 6.04 Å². The molecule has 2 amide bonds. The average molecular weight is 367 g/mol. The number of rotatable bonds is 5. The van der Waals surface area contributed by atoms with Gasteiger partial charge in [-0.1, -0.05) is 13.3 Å². The molecule has 0 spiro atoms. The molecule has 27 heavy (non-hydrogen) atoms. The number of nitrogens with one attached hydrogen (secondary N) is 2. The van der Waals surface area contributed by atoms with E-state index in [0.717, 1.165) is 24.2 Å². The van der Waals surface area contributed by atoms with Gasteiger partial charge >= 0.3 is 0 Å². The number of aromatic nitrogens is 2. The van der Waals surface area contributed by atoms with Crippen LogP contribution in [0.1, 0.15) is 35.1 Å². The molecule has 2 aromatic rings. The number of nitrogens with zero attached hydrogens (tertiary/aromatic N) is 3. The third-order valence-corrected chi connectivity index (χ3v) is 4.56. The molecule has 7 nitrogen and oxygen atoms in total. The Bertz CT molecular complexity index is 806. The van der Waals surface area contributed by atoms with Crippen LogP contribution >= 0.6 is 0 Å². The molecule has 0 saturated carbocycles. The van der Waals surface area contributed by atoms with Crippen LogP contribution in [-0.4, -0.2) is 52.4 Å². The van der Waals surface area contributed by atoms with E-state index >= 15 is 0 Å². The lowest BCUT2D eigenvalue weighted by molar-refractivity contribution is -0.121. The number of amides is 2. The molecule has 7 heteroatoms.